The zero-order chi connectivity index (χ0) is 12.2. The quantitative estimate of drug-likeness (QED) is 0.718. The fourth-order valence-corrected chi connectivity index (χ4v) is 1.32. The molecule has 0 N–H and O–H groups in total. The number of hydrogen-bond acceptors (Lipinski definition) is 1. The molecule has 4 heteroatoms. The monoisotopic (exact) mass is 227 g/mol. The van der Waals surface area contributed by atoms with Crippen LogP contribution in [0.2, 0.25) is 0 Å². The van der Waals surface area contributed by atoms with Gasteiger partial charge in [-0.15, -0.1) is 6.42 Å². The molecule has 0 bridgehead atoms. The van der Waals surface area contributed by atoms with E-state index in [1.165, 1.54) is 12.1 Å². The van der Waals surface area contributed by atoms with E-state index in [4.69, 9.17) is 6.42 Å². The summed E-state index contributed by atoms with van der Waals surface area (Å²) in [5.74, 6) is 2.47. The van der Waals surface area contributed by atoms with E-state index in [9.17, 15) is 13.2 Å². The Labute approximate surface area is 92.9 Å². The molecule has 0 atom stereocenters. The van der Waals surface area contributed by atoms with Crippen LogP contribution in [-0.2, 0) is 12.7 Å². The van der Waals surface area contributed by atoms with Crippen molar-refractivity contribution in [3.8, 4) is 12.3 Å². The fraction of sp³-hybridized carbons (Fsp3) is 0.333. The summed E-state index contributed by atoms with van der Waals surface area (Å²) in [6, 6.07) is 5.10. The molecular weight excluding hydrogens is 215 g/mol. The van der Waals surface area contributed by atoms with Crippen LogP contribution >= 0.6 is 0 Å². The first-order valence-electron chi connectivity index (χ1n) is 4.71. The van der Waals surface area contributed by atoms with Crippen molar-refractivity contribution >= 4 is 0 Å². The molecule has 0 aromatic heterocycles. The van der Waals surface area contributed by atoms with E-state index in [0.29, 0.717) is 13.1 Å². The van der Waals surface area contributed by atoms with Gasteiger partial charge in [-0.05, 0) is 24.7 Å². The highest BCUT2D eigenvalue weighted by molar-refractivity contribution is 5.24. The van der Waals surface area contributed by atoms with Crippen molar-refractivity contribution < 1.29 is 13.2 Å². The zero-order valence-electron chi connectivity index (χ0n) is 8.88. The first kappa shape index (κ1) is 12.6. The molecule has 0 aliphatic carbocycles. The van der Waals surface area contributed by atoms with E-state index < -0.39 is 11.7 Å². The Hall–Kier alpha value is -1.47. The van der Waals surface area contributed by atoms with Crippen molar-refractivity contribution in [2.45, 2.75) is 12.7 Å². The van der Waals surface area contributed by atoms with Crippen LogP contribution in [0.5, 0.6) is 0 Å². The second-order valence-electron chi connectivity index (χ2n) is 3.57. The third-order valence-electron chi connectivity index (χ3n) is 2.09. The minimum absolute atomic E-state index is 0.473. The van der Waals surface area contributed by atoms with Gasteiger partial charge in [0, 0.05) is 6.54 Å². The van der Waals surface area contributed by atoms with E-state index in [-0.39, 0.29) is 0 Å². The molecule has 0 spiro atoms. The zero-order valence-corrected chi connectivity index (χ0v) is 8.88. The van der Waals surface area contributed by atoms with E-state index in [1.54, 1.807) is 0 Å². The SMILES string of the molecule is C#CCN(C)Cc1ccc(C(F)(F)F)cc1. The molecule has 0 heterocycles. The van der Waals surface area contributed by atoms with Gasteiger partial charge in [0.1, 0.15) is 0 Å². The molecule has 0 aliphatic rings. The molecule has 0 radical (unpaired) electrons. The minimum atomic E-state index is -4.27. The van der Waals surface area contributed by atoms with Gasteiger partial charge >= 0.3 is 6.18 Å². The van der Waals surface area contributed by atoms with Gasteiger partial charge in [-0.25, -0.2) is 0 Å². The Balaban J connectivity index is 2.69. The summed E-state index contributed by atoms with van der Waals surface area (Å²) < 4.78 is 36.8. The maximum absolute atomic E-state index is 12.3. The molecule has 86 valence electrons. The Bertz CT molecular complexity index is 373. The lowest BCUT2D eigenvalue weighted by atomic mass is 10.1. The van der Waals surface area contributed by atoms with Crippen molar-refractivity contribution in [3.05, 3.63) is 35.4 Å². The van der Waals surface area contributed by atoms with Crippen LogP contribution in [0, 0.1) is 12.3 Å². The number of terminal acetylenes is 1. The van der Waals surface area contributed by atoms with Crippen LogP contribution in [0.4, 0.5) is 13.2 Å². The molecule has 1 rings (SSSR count). The summed E-state index contributed by atoms with van der Waals surface area (Å²) in [4.78, 5) is 1.85. The van der Waals surface area contributed by atoms with Gasteiger partial charge < -0.3 is 0 Å². The summed E-state index contributed by atoms with van der Waals surface area (Å²) in [6.45, 7) is 1.02. The lowest BCUT2D eigenvalue weighted by molar-refractivity contribution is -0.137. The van der Waals surface area contributed by atoms with E-state index in [2.05, 4.69) is 5.92 Å². The van der Waals surface area contributed by atoms with Crippen molar-refractivity contribution in [1.82, 2.24) is 4.90 Å². The van der Waals surface area contributed by atoms with Crippen LogP contribution < -0.4 is 0 Å². The maximum Gasteiger partial charge on any atom is 0.416 e. The standard InChI is InChI=1S/C12H12F3N/c1-3-8-16(2)9-10-4-6-11(7-5-10)12(13,14)15/h1,4-7H,8-9H2,2H3. The van der Waals surface area contributed by atoms with Gasteiger partial charge in [0.25, 0.3) is 0 Å². The average Bonchev–Trinajstić information content (AvgIpc) is 2.17. The number of nitrogens with zero attached hydrogens (tertiary/aromatic N) is 1. The van der Waals surface area contributed by atoms with Gasteiger partial charge in [0.15, 0.2) is 0 Å². The van der Waals surface area contributed by atoms with Gasteiger partial charge in [-0.2, -0.15) is 13.2 Å². The minimum Gasteiger partial charge on any atom is -0.291 e. The van der Waals surface area contributed by atoms with Crippen molar-refractivity contribution in [2.24, 2.45) is 0 Å². The van der Waals surface area contributed by atoms with Gasteiger partial charge in [0.2, 0.25) is 0 Å². The Morgan fingerprint density at radius 2 is 1.81 bits per heavy atom. The molecule has 1 nitrogen and oxygen atoms in total. The van der Waals surface area contributed by atoms with Gasteiger partial charge in [-0.1, -0.05) is 18.1 Å². The molecule has 0 saturated heterocycles. The molecule has 16 heavy (non-hydrogen) atoms. The summed E-state index contributed by atoms with van der Waals surface area (Å²) in [7, 11) is 1.82. The number of hydrogen-bond donors (Lipinski definition) is 0. The number of rotatable bonds is 3. The van der Waals surface area contributed by atoms with Gasteiger partial charge in [-0.3, -0.25) is 4.90 Å². The summed E-state index contributed by atoms with van der Waals surface area (Å²) in [6.07, 6.45) is 0.849. The smallest absolute Gasteiger partial charge is 0.291 e. The first-order valence-corrected chi connectivity index (χ1v) is 4.71. The van der Waals surface area contributed by atoms with Crippen LogP contribution in [0.25, 0.3) is 0 Å². The summed E-state index contributed by atoms with van der Waals surface area (Å²) in [5, 5.41) is 0. The first-order chi connectivity index (χ1) is 7.43. The van der Waals surface area contributed by atoms with E-state index in [0.717, 1.165) is 17.7 Å². The number of benzene rings is 1. The van der Waals surface area contributed by atoms with E-state index in [1.807, 2.05) is 11.9 Å². The van der Waals surface area contributed by atoms with Crippen LogP contribution in [-0.4, -0.2) is 18.5 Å². The normalized spacial score (nSPS) is 11.5. The third-order valence-corrected chi connectivity index (χ3v) is 2.09. The molecule has 1 aromatic rings. The Morgan fingerprint density at radius 1 is 1.25 bits per heavy atom. The van der Waals surface area contributed by atoms with Crippen molar-refractivity contribution in [1.29, 1.82) is 0 Å². The number of alkyl halides is 3. The molecule has 0 fully saturated rings. The predicted octanol–water partition coefficient (Wildman–Crippen LogP) is 2.77. The fourth-order valence-electron chi connectivity index (χ4n) is 1.32. The van der Waals surface area contributed by atoms with Crippen molar-refractivity contribution in [2.75, 3.05) is 13.6 Å². The lowest BCUT2D eigenvalue weighted by Crippen LogP contribution is -2.17. The molecular formula is C12H12F3N. The van der Waals surface area contributed by atoms with Crippen LogP contribution in [0.1, 0.15) is 11.1 Å². The topological polar surface area (TPSA) is 3.24 Å². The largest absolute Gasteiger partial charge is 0.416 e. The molecule has 1 aromatic carbocycles. The Kier molecular flexibility index (Phi) is 3.97. The lowest BCUT2D eigenvalue weighted by Gasteiger charge is -2.13. The average molecular weight is 227 g/mol. The van der Waals surface area contributed by atoms with Crippen molar-refractivity contribution in [3.63, 3.8) is 0 Å². The van der Waals surface area contributed by atoms with Crippen LogP contribution in [0.3, 0.4) is 0 Å². The van der Waals surface area contributed by atoms with E-state index >= 15 is 0 Å². The number of halogens is 3. The molecule has 0 amide bonds. The van der Waals surface area contributed by atoms with Gasteiger partial charge in [0.05, 0.1) is 12.1 Å². The highest BCUT2D eigenvalue weighted by Crippen LogP contribution is 2.29. The maximum atomic E-state index is 12.3. The molecule has 0 saturated carbocycles. The second-order valence-corrected chi connectivity index (χ2v) is 3.57. The Morgan fingerprint density at radius 3 is 2.25 bits per heavy atom. The third kappa shape index (κ3) is 3.59. The van der Waals surface area contributed by atoms with Crippen LogP contribution in [0.15, 0.2) is 24.3 Å². The highest BCUT2D eigenvalue weighted by Gasteiger charge is 2.29. The highest BCUT2D eigenvalue weighted by atomic mass is 19.4. The molecule has 0 aliphatic heterocycles. The summed E-state index contributed by atoms with van der Waals surface area (Å²) >= 11 is 0. The predicted molar refractivity (Wildman–Crippen MR) is 56.6 cm³/mol. The summed E-state index contributed by atoms with van der Waals surface area (Å²) in [5.41, 5.74) is 0.182. The second kappa shape index (κ2) is 5.04. The molecule has 0 unspecified atom stereocenters.